The lowest BCUT2D eigenvalue weighted by Gasteiger charge is -2.14. The molecule has 0 radical (unpaired) electrons. The Morgan fingerprint density at radius 1 is 1.04 bits per heavy atom. The smallest absolute Gasteiger partial charge is 0.311 e. The van der Waals surface area contributed by atoms with E-state index in [0.717, 1.165) is 11.3 Å². The summed E-state index contributed by atoms with van der Waals surface area (Å²) in [6, 6.07) is 13.6. The van der Waals surface area contributed by atoms with E-state index < -0.39 is 12.1 Å². The molecule has 6 heteroatoms. The summed E-state index contributed by atoms with van der Waals surface area (Å²) in [6.45, 7) is 1.86. The SMILES string of the molecule is COc1ccc(CNC(=O)[C@H](C)OC(=O)Cc2ccc(O)cc2)cc1. The van der Waals surface area contributed by atoms with Crippen molar-refractivity contribution in [1.82, 2.24) is 5.32 Å². The Bertz CT molecular complexity index is 710. The predicted octanol–water partition coefficient (Wildman–Crippen LogP) is 2.19. The van der Waals surface area contributed by atoms with Crippen LogP contribution >= 0.6 is 0 Å². The van der Waals surface area contributed by atoms with E-state index >= 15 is 0 Å². The summed E-state index contributed by atoms with van der Waals surface area (Å²) in [6.07, 6.45) is -0.848. The van der Waals surface area contributed by atoms with E-state index in [4.69, 9.17) is 9.47 Å². The zero-order chi connectivity index (χ0) is 18.2. The van der Waals surface area contributed by atoms with Crippen LogP contribution in [0.5, 0.6) is 11.5 Å². The predicted molar refractivity (Wildman–Crippen MR) is 92.2 cm³/mol. The maximum absolute atomic E-state index is 12.0. The number of rotatable bonds is 7. The lowest BCUT2D eigenvalue weighted by atomic mass is 10.1. The minimum Gasteiger partial charge on any atom is -0.508 e. The molecule has 2 aromatic carbocycles. The molecule has 25 heavy (non-hydrogen) atoms. The monoisotopic (exact) mass is 343 g/mol. The maximum atomic E-state index is 12.0. The van der Waals surface area contributed by atoms with Gasteiger partial charge in [-0.3, -0.25) is 9.59 Å². The van der Waals surface area contributed by atoms with Crippen molar-refractivity contribution in [1.29, 1.82) is 0 Å². The van der Waals surface area contributed by atoms with Gasteiger partial charge < -0.3 is 19.9 Å². The fourth-order valence-electron chi connectivity index (χ4n) is 2.15. The first-order chi connectivity index (χ1) is 12.0. The van der Waals surface area contributed by atoms with E-state index in [0.29, 0.717) is 12.1 Å². The highest BCUT2D eigenvalue weighted by molar-refractivity contribution is 5.83. The molecule has 6 nitrogen and oxygen atoms in total. The fraction of sp³-hybridized carbons (Fsp3) is 0.263. The molecule has 0 saturated heterocycles. The van der Waals surface area contributed by atoms with Gasteiger partial charge >= 0.3 is 5.97 Å². The number of nitrogens with one attached hydrogen (secondary N) is 1. The molecule has 0 spiro atoms. The first-order valence-corrected chi connectivity index (χ1v) is 7.86. The molecule has 0 aromatic heterocycles. The van der Waals surface area contributed by atoms with Gasteiger partial charge in [-0.25, -0.2) is 0 Å². The zero-order valence-corrected chi connectivity index (χ0v) is 14.2. The first-order valence-electron chi connectivity index (χ1n) is 7.86. The number of benzene rings is 2. The van der Waals surface area contributed by atoms with Crippen LogP contribution in [0.2, 0.25) is 0 Å². The third-order valence-electron chi connectivity index (χ3n) is 3.59. The number of esters is 1. The molecule has 1 amide bonds. The number of ether oxygens (including phenoxy) is 2. The molecule has 2 aromatic rings. The van der Waals surface area contributed by atoms with Crippen LogP contribution in [0.15, 0.2) is 48.5 Å². The van der Waals surface area contributed by atoms with E-state index in [2.05, 4.69) is 5.32 Å². The van der Waals surface area contributed by atoms with Crippen LogP contribution in [0.1, 0.15) is 18.1 Å². The summed E-state index contributed by atoms with van der Waals surface area (Å²) < 4.78 is 10.2. The number of aromatic hydroxyl groups is 1. The molecule has 0 unspecified atom stereocenters. The molecular weight excluding hydrogens is 322 g/mol. The quantitative estimate of drug-likeness (QED) is 0.753. The highest BCUT2D eigenvalue weighted by atomic mass is 16.5. The maximum Gasteiger partial charge on any atom is 0.311 e. The summed E-state index contributed by atoms with van der Waals surface area (Å²) in [5.74, 6) is 0.00246. The topological polar surface area (TPSA) is 84.9 Å². The molecule has 0 heterocycles. The third kappa shape index (κ3) is 5.84. The van der Waals surface area contributed by atoms with Crippen LogP contribution in [-0.2, 0) is 27.3 Å². The second-order valence-corrected chi connectivity index (χ2v) is 5.54. The van der Waals surface area contributed by atoms with Crippen LogP contribution in [0.4, 0.5) is 0 Å². The summed E-state index contributed by atoms with van der Waals surface area (Å²) in [5, 5.41) is 11.9. The van der Waals surface area contributed by atoms with E-state index in [1.807, 2.05) is 24.3 Å². The Labute approximate surface area is 146 Å². The average Bonchev–Trinajstić information content (AvgIpc) is 2.62. The molecule has 2 N–H and O–H groups in total. The Morgan fingerprint density at radius 3 is 2.24 bits per heavy atom. The van der Waals surface area contributed by atoms with Crippen LogP contribution in [0.3, 0.4) is 0 Å². The van der Waals surface area contributed by atoms with Crippen molar-refractivity contribution in [2.24, 2.45) is 0 Å². The molecule has 1 atom stereocenters. The highest BCUT2D eigenvalue weighted by Gasteiger charge is 2.17. The number of phenolic OH excluding ortho intramolecular Hbond substituents is 1. The van der Waals surface area contributed by atoms with E-state index in [1.165, 1.54) is 19.1 Å². The van der Waals surface area contributed by atoms with Gasteiger partial charge in [0, 0.05) is 6.54 Å². The minimum absolute atomic E-state index is 0.0381. The minimum atomic E-state index is -0.886. The van der Waals surface area contributed by atoms with Crippen LogP contribution in [0.25, 0.3) is 0 Å². The van der Waals surface area contributed by atoms with Gasteiger partial charge in [-0.05, 0) is 42.3 Å². The van der Waals surface area contributed by atoms with Gasteiger partial charge in [-0.15, -0.1) is 0 Å². The second kappa shape index (κ2) is 8.73. The molecule has 132 valence electrons. The number of amides is 1. The molecule has 0 saturated carbocycles. The second-order valence-electron chi connectivity index (χ2n) is 5.54. The molecular formula is C19H21NO5. The standard InChI is InChI=1S/C19H21NO5/c1-13(25-18(22)11-14-3-7-16(21)8-4-14)19(23)20-12-15-5-9-17(24-2)10-6-15/h3-10,13,21H,11-12H2,1-2H3,(H,20,23)/t13-/m0/s1. The number of methoxy groups -OCH3 is 1. The average molecular weight is 343 g/mol. The first kappa shape index (κ1) is 18.3. The van der Waals surface area contributed by atoms with E-state index in [9.17, 15) is 14.7 Å². The van der Waals surface area contributed by atoms with Crippen molar-refractivity contribution in [3.63, 3.8) is 0 Å². The Morgan fingerprint density at radius 2 is 1.64 bits per heavy atom. The van der Waals surface area contributed by atoms with E-state index in [-0.39, 0.29) is 18.1 Å². The fourth-order valence-corrected chi connectivity index (χ4v) is 2.15. The molecule has 0 aliphatic carbocycles. The van der Waals surface area contributed by atoms with Gasteiger partial charge in [-0.2, -0.15) is 0 Å². The van der Waals surface area contributed by atoms with Crippen LogP contribution < -0.4 is 10.1 Å². The van der Waals surface area contributed by atoms with Crippen molar-refractivity contribution in [3.05, 3.63) is 59.7 Å². The number of carbonyl (C=O) groups excluding carboxylic acids is 2. The van der Waals surface area contributed by atoms with Gasteiger partial charge in [0.2, 0.25) is 0 Å². The Hall–Kier alpha value is -3.02. The molecule has 0 aliphatic rings. The lowest BCUT2D eigenvalue weighted by molar-refractivity contribution is -0.154. The van der Waals surface area contributed by atoms with Crippen molar-refractivity contribution in [2.45, 2.75) is 26.0 Å². The largest absolute Gasteiger partial charge is 0.508 e. The van der Waals surface area contributed by atoms with Crippen LogP contribution in [-0.4, -0.2) is 30.2 Å². The van der Waals surface area contributed by atoms with Crippen molar-refractivity contribution >= 4 is 11.9 Å². The summed E-state index contributed by atoms with van der Waals surface area (Å²) in [4.78, 5) is 23.9. The Kier molecular flexibility index (Phi) is 6.39. The summed E-state index contributed by atoms with van der Waals surface area (Å²) in [7, 11) is 1.59. The summed E-state index contributed by atoms with van der Waals surface area (Å²) in [5.41, 5.74) is 1.62. The number of carbonyl (C=O) groups is 2. The summed E-state index contributed by atoms with van der Waals surface area (Å²) >= 11 is 0. The van der Waals surface area contributed by atoms with Gasteiger partial charge in [0.25, 0.3) is 5.91 Å². The lowest BCUT2D eigenvalue weighted by Crippen LogP contribution is -2.35. The zero-order valence-electron chi connectivity index (χ0n) is 14.2. The highest BCUT2D eigenvalue weighted by Crippen LogP contribution is 2.12. The van der Waals surface area contributed by atoms with Gasteiger partial charge in [0.05, 0.1) is 13.5 Å². The van der Waals surface area contributed by atoms with Gasteiger partial charge in [0.1, 0.15) is 11.5 Å². The van der Waals surface area contributed by atoms with Crippen LogP contribution in [0, 0.1) is 0 Å². The number of hydrogen-bond donors (Lipinski definition) is 2. The molecule has 0 fully saturated rings. The Balaban J connectivity index is 1.78. The molecule has 2 rings (SSSR count). The normalized spacial score (nSPS) is 11.4. The van der Waals surface area contributed by atoms with Crippen molar-refractivity contribution in [3.8, 4) is 11.5 Å². The van der Waals surface area contributed by atoms with Gasteiger partial charge in [-0.1, -0.05) is 24.3 Å². The van der Waals surface area contributed by atoms with Crippen molar-refractivity contribution < 1.29 is 24.2 Å². The number of phenols is 1. The third-order valence-corrected chi connectivity index (χ3v) is 3.59. The van der Waals surface area contributed by atoms with Crippen molar-refractivity contribution in [2.75, 3.05) is 7.11 Å². The number of hydrogen-bond acceptors (Lipinski definition) is 5. The van der Waals surface area contributed by atoms with Gasteiger partial charge in [0.15, 0.2) is 6.10 Å². The van der Waals surface area contributed by atoms with E-state index in [1.54, 1.807) is 19.2 Å². The molecule has 0 bridgehead atoms. The molecule has 0 aliphatic heterocycles.